The lowest BCUT2D eigenvalue weighted by Crippen LogP contribution is -2.22. The lowest BCUT2D eigenvalue weighted by Gasteiger charge is -2.06. The van der Waals surface area contributed by atoms with Crippen LogP contribution in [0.15, 0.2) is 24.3 Å². The maximum Gasteiger partial charge on any atom is 0.311 e. The van der Waals surface area contributed by atoms with Gasteiger partial charge in [-0.2, -0.15) is 0 Å². The Morgan fingerprint density at radius 3 is 2.26 bits per heavy atom. The zero-order valence-electron chi connectivity index (χ0n) is 11.2. The molecule has 0 aliphatic carbocycles. The molecule has 0 unspecified atom stereocenters. The summed E-state index contributed by atoms with van der Waals surface area (Å²) in [6, 6.07) is 5.64. The number of hydrogen-bond acceptors (Lipinski definition) is 4. The van der Waals surface area contributed by atoms with Gasteiger partial charge in [-0.05, 0) is 36.2 Å². The molecule has 4 nitrogen and oxygen atoms in total. The number of rotatable bonds is 8. The standard InChI is InChI=1S/C15H20O4/c1-2-3-4-5-6-7-14(16)19-13-10-8-12(9-11-13)15(17)18/h8-11H,2-7H2,1H3,(H,17,18)/p-1. The highest BCUT2D eigenvalue weighted by molar-refractivity contribution is 5.86. The monoisotopic (exact) mass is 263 g/mol. The molecule has 0 aliphatic rings. The fraction of sp³-hybridized carbons (Fsp3) is 0.467. The van der Waals surface area contributed by atoms with Gasteiger partial charge in [0.1, 0.15) is 5.75 Å². The van der Waals surface area contributed by atoms with Gasteiger partial charge in [-0.3, -0.25) is 4.79 Å². The Balaban J connectivity index is 2.30. The summed E-state index contributed by atoms with van der Waals surface area (Å²) < 4.78 is 5.10. The Kier molecular flexibility index (Phi) is 6.64. The number of hydrogen-bond donors (Lipinski definition) is 0. The molecule has 0 spiro atoms. The zero-order chi connectivity index (χ0) is 14.1. The summed E-state index contributed by atoms with van der Waals surface area (Å²) in [6.07, 6.45) is 5.77. The molecular formula is C15H19O4-. The summed E-state index contributed by atoms with van der Waals surface area (Å²) >= 11 is 0. The molecule has 1 rings (SSSR count). The van der Waals surface area contributed by atoms with Crippen molar-refractivity contribution in [3.05, 3.63) is 29.8 Å². The second-order valence-electron chi connectivity index (χ2n) is 4.45. The third-order valence-corrected chi connectivity index (χ3v) is 2.81. The smallest absolute Gasteiger partial charge is 0.311 e. The van der Waals surface area contributed by atoms with Gasteiger partial charge < -0.3 is 14.6 Å². The highest BCUT2D eigenvalue weighted by Gasteiger charge is 2.04. The average molecular weight is 263 g/mol. The molecule has 1 aromatic carbocycles. The van der Waals surface area contributed by atoms with E-state index < -0.39 is 5.97 Å². The largest absolute Gasteiger partial charge is 0.545 e. The Hall–Kier alpha value is -1.84. The lowest BCUT2D eigenvalue weighted by molar-refractivity contribution is -0.255. The number of benzene rings is 1. The Morgan fingerprint density at radius 1 is 1.05 bits per heavy atom. The van der Waals surface area contributed by atoms with Crippen LogP contribution < -0.4 is 9.84 Å². The molecule has 104 valence electrons. The molecule has 0 saturated heterocycles. The van der Waals surface area contributed by atoms with Gasteiger partial charge in [-0.15, -0.1) is 0 Å². The molecule has 0 aliphatic heterocycles. The van der Waals surface area contributed by atoms with Crippen molar-refractivity contribution in [3.8, 4) is 5.75 Å². The quantitative estimate of drug-likeness (QED) is 0.410. The predicted molar refractivity (Wildman–Crippen MR) is 69.8 cm³/mol. The van der Waals surface area contributed by atoms with Crippen LogP contribution in [0.4, 0.5) is 0 Å². The summed E-state index contributed by atoms with van der Waals surface area (Å²) in [5, 5.41) is 10.5. The molecule has 0 saturated carbocycles. The van der Waals surface area contributed by atoms with Crippen molar-refractivity contribution in [2.24, 2.45) is 0 Å². The molecule has 1 aromatic rings. The van der Waals surface area contributed by atoms with Crippen LogP contribution in [-0.4, -0.2) is 11.9 Å². The van der Waals surface area contributed by atoms with E-state index in [0.29, 0.717) is 12.2 Å². The molecule has 0 bridgehead atoms. The zero-order valence-corrected chi connectivity index (χ0v) is 11.2. The van der Waals surface area contributed by atoms with Crippen LogP contribution in [0.1, 0.15) is 55.8 Å². The van der Waals surface area contributed by atoms with Crippen molar-refractivity contribution >= 4 is 11.9 Å². The number of aromatic carboxylic acids is 1. The SMILES string of the molecule is CCCCCCCC(=O)Oc1ccc(C(=O)[O-])cc1. The van der Waals surface area contributed by atoms with Crippen LogP contribution >= 0.6 is 0 Å². The van der Waals surface area contributed by atoms with Gasteiger partial charge in [0.15, 0.2) is 0 Å². The highest BCUT2D eigenvalue weighted by atomic mass is 16.5. The normalized spacial score (nSPS) is 10.2. The van der Waals surface area contributed by atoms with Crippen LogP contribution in [0.25, 0.3) is 0 Å². The molecular weight excluding hydrogens is 244 g/mol. The van der Waals surface area contributed by atoms with E-state index in [-0.39, 0.29) is 11.5 Å². The van der Waals surface area contributed by atoms with Crippen LogP contribution in [0, 0.1) is 0 Å². The van der Waals surface area contributed by atoms with Crippen molar-refractivity contribution in [1.29, 1.82) is 0 Å². The van der Waals surface area contributed by atoms with Gasteiger partial charge in [0.2, 0.25) is 0 Å². The maximum absolute atomic E-state index is 11.5. The van der Waals surface area contributed by atoms with Crippen molar-refractivity contribution < 1.29 is 19.4 Å². The second-order valence-corrected chi connectivity index (χ2v) is 4.45. The molecule has 19 heavy (non-hydrogen) atoms. The highest BCUT2D eigenvalue weighted by Crippen LogP contribution is 2.13. The summed E-state index contributed by atoms with van der Waals surface area (Å²) in [4.78, 5) is 22.1. The van der Waals surface area contributed by atoms with Crippen molar-refractivity contribution in [3.63, 3.8) is 0 Å². The third-order valence-electron chi connectivity index (χ3n) is 2.81. The van der Waals surface area contributed by atoms with E-state index in [2.05, 4.69) is 6.92 Å². The maximum atomic E-state index is 11.5. The minimum absolute atomic E-state index is 0.0689. The van der Waals surface area contributed by atoms with Gasteiger partial charge in [-0.1, -0.05) is 32.6 Å². The fourth-order valence-corrected chi connectivity index (χ4v) is 1.71. The summed E-state index contributed by atoms with van der Waals surface area (Å²) in [5.41, 5.74) is 0.0689. The first-order chi connectivity index (χ1) is 9.13. The van der Waals surface area contributed by atoms with Crippen LogP contribution in [0.5, 0.6) is 5.75 Å². The number of carbonyl (C=O) groups excluding carboxylic acids is 2. The molecule has 4 heteroatoms. The van der Waals surface area contributed by atoms with Gasteiger partial charge >= 0.3 is 5.97 Å². The number of unbranched alkanes of at least 4 members (excludes halogenated alkanes) is 4. The lowest BCUT2D eigenvalue weighted by atomic mass is 10.1. The Morgan fingerprint density at radius 2 is 1.68 bits per heavy atom. The summed E-state index contributed by atoms with van der Waals surface area (Å²) in [5.74, 6) is -1.16. The first-order valence-corrected chi connectivity index (χ1v) is 6.65. The van der Waals surface area contributed by atoms with E-state index in [4.69, 9.17) is 4.74 Å². The van der Waals surface area contributed by atoms with E-state index in [1.54, 1.807) is 0 Å². The number of carboxylic acid groups (broad SMARTS) is 1. The first-order valence-electron chi connectivity index (χ1n) is 6.65. The average Bonchev–Trinajstić information content (AvgIpc) is 2.39. The van der Waals surface area contributed by atoms with Gasteiger partial charge in [0.05, 0.1) is 5.97 Å². The van der Waals surface area contributed by atoms with E-state index >= 15 is 0 Å². The van der Waals surface area contributed by atoms with Gasteiger partial charge in [0, 0.05) is 6.42 Å². The number of carboxylic acids is 1. The number of esters is 1. The van der Waals surface area contributed by atoms with E-state index in [1.807, 2.05) is 0 Å². The Bertz CT molecular complexity index is 409. The molecule has 0 heterocycles. The molecule has 0 fully saturated rings. The van der Waals surface area contributed by atoms with Crippen LogP contribution in [0.2, 0.25) is 0 Å². The van der Waals surface area contributed by atoms with Gasteiger partial charge in [0.25, 0.3) is 0 Å². The molecule has 0 aromatic heterocycles. The van der Waals surface area contributed by atoms with Crippen molar-refractivity contribution in [1.82, 2.24) is 0 Å². The van der Waals surface area contributed by atoms with Gasteiger partial charge in [-0.25, -0.2) is 0 Å². The second kappa shape index (κ2) is 8.29. The summed E-state index contributed by atoms with van der Waals surface area (Å²) in [6.45, 7) is 2.14. The van der Waals surface area contributed by atoms with E-state index in [0.717, 1.165) is 19.3 Å². The Labute approximate surface area is 113 Å². The summed E-state index contributed by atoms with van der Waals surface area (Å²) in [7, 11) is 0. The van der Waals surface area contributed by atoms with Crippen molar-refractivity contribution in [2.45, 2.75) is 45.4 Å². The van der Waals surface area contributed by atoms with Crippen molar-refractivity contribution in [2.75, 3.05) is 0 Å². The third kappa shape index (κ3) is 6.04. The van der Waals surface area contributed by atoms with E-state index in [9.17, 15) is 14.7 Å². The van der Waals surface area contributed by atoms with Crippen LogP contribution in [-0.2, 0) is 4.79 Å². The topological polar surface area (TPSA) is 66.4 Å². The number of ether oxygens (including phenoxy) is 1. The van der Waals surface area contributed by atoms with Crippen LogP contribution in [0.3, 0.4) is 0 Å². The number of carbonyl (C=O) groups is 2. The fourth-order valence-electron chi connectivity index (χ4n) is 1.71. The minimum Gasteiger partial charge on any atom is -0.545 e. The molecule has 0 N–H and O–H groups in total. The molecule has 0 amide bonds. The minimum atomic E-state index is -1.24. The molecule has 0 radical (unpaired) electrons. The predicted octanol–water partition coefficient (Wildman–Crippen LogP) is 2.32. The van der Waals surface area contributed by atoms with E-state index in [1.165, 1.54) is 37.1 Å². The first kappa shape index (κ1) is 15.2. The molecule has 0 atom stereocenters.